The number of halogens is 1. The molecule has 0 unspecified atom stereocenters. The normalized spacial score (nSPS) is 16.8. The maximum Gasteiger partial charge on any atom is 0.160 e. The van der Waals surface area contributed by atoms with Gasteiger partial charge in [0.25, 0.3) is 0 Å². The molecule has 0 aromatic carbocycles. The standard InChI is InChI=1S/C10H16BrN5O/c1-2-12-9-8(11)10(14-7-13-9)15-16-3-5-17-6-4-16/h7H,2-6H2,1H3,(H2,12,13,14,15). The van der Waals surface area contributed by atoms with Gasteiger partial charge in [-0.1, -0.05) is 0 Å². The molecule has 1 aromatic rings. The first-order valence-electron chi connectivity index (χ1n) is 5.65. The fraction of sp³-hybridized carbons (Fsp3) is 0.600. The second-order valence-electron chi connectivity index (χ2n) is 3.63. The van der Waals surface area contributed by atoms with E-state index in [-0.39, 0.29) is 0 Å². The molecule has 2 rings (SSSR count). The lowest BCUT2D eigenvalue weighted by Crippen LogP contribution is -2.40. The molecule has 0 amide bonds. The van der Waals surface area contributed by atoms with Gasteiger partial charge in [0.2, 0.25) is 0 Å². The van der Waals surface area contributed by atoms with E-state index in [1.807, 2.05) is 6.92 Å². The smallest absolute Gasteiger partial charge is 0.160 e. The fourth-order valence-corrected chi connectivity index (χ4v) is 2.00. The van der Waals surface area contributed by atoms with Gasteiger partial charge in [0.15, 0.2) is 5.82 Å². The molecule has 1 aliphatic heterocycles. The first kappa shape index (κ1) is 12.5. The van der Waals surface area contributed by atoms with Crippen molar-refractivity contribution in [1.82, 2.24) is 15.0 Å². The van der Waals surface area contributed by atoms with Crippen molar-refractivity contribution in [3.63, 3.8) is 0 Å². The highest BCUT2D eigenvalue weighted by atomic mass is 79.9. The molecule has 17 heavy (non-hydrogen) atoms. The van der Waals surface area contributed by atoms with Crippen LogP contribution in [0.1, 0.15) is 6.92 Å². The van der Waals surface area contributed by atoms with E-state index in [0.717, 1.165) is 49.0 Å². The van der Waals surface area contributed by atoms with Crippen LogP contribution in [0.25, 0.3) is 0 Å². The highest BCUT2D eigenvalue weighted by Gasteiger charge is 2.14. The van der Waals surface area contributed by atoms with Crippen LogP contribution in [0.3, 0.4) is 0 Å². The lowest BCUT2D eigenvalue weighted by atomic mass is 10.5. The van der Waals surface area contributed by atoms with E-state index in [1.54, 1.807) is 6.33 Å². The minimum Gasteiger partial charge on any atom is -0.379 e. The average Bonchev–Trinajstić information content (AvgIpc) is 2.36. The number of nitrogens with one attached hydrogen (secondary N) is 2. The molecule has 1 fully saturated rings. The van der Waals surface area contributed by atoms with E-state index in [4.69, 9.17) is 4.74 Å². The predicted molar refractivity (Wildman–Crippen MR) is 69.9 cm³/mol. The molecule has 0 aliphatic carbocycles. The van der Waals surface area contributed by atoms with Crippen molar-refractivity contribution in [1.29, 1.82) is 0 Å². The molecule has 1 aliphatic rings. The van der Waals surface area contributed by atoms with Gasteiger partial charge >= 0.3 is 0 Å². The summed E-state index contributed by atoms with van der Waals surface area (Å²) in [6, 6.07) is 0. The number of hydrogen-bond acceptors (Lipinski definition) is 6. The molecule has 6 nitrogen and oxygen atoms in total. The summed E-state index contributed by atoms with van der Waals surface area (Å²) in [6.07, 6.45) is 1.55. The second-order valence-corrected chi connectivity index (χ2v) is 4.42. The third-order valence-corrected chi connectivity index (χ3v) is 3.16. The Labute approximate surface area is 109 Å². The summed E-state index contributed by atoms with van der Waals surface area (Å²) in [4.78, 5) is 8.39. The van der Waals surface area contributed by atoms with Crippen molar-refractivity contribution in [3.05, 3.63) is 10.8 Å². The Morgan fingerprint density at radius 3 is 2.76 bits per heavy atom. The number of anilines is 2. The quantitative estimate of drug-likeness (QED) is 0.875. The Hall–Kier alpha value is -0.920. The number of rotatable bonds is 4. The largest absolute Gasteiger partial charge is 0.379 e. The number of aromatic nitrogens is 2. The van der Waals surface area contributed by atoms with Crippen molar-refractivity contribution < 1.29 is 4.74 Å². The Bertz CT molecular complexity index is 370. The van der Waals surface area contributed by atoms with Crippen molar-refractivity contribution >= 4 is 27.6 Å². The first-order chi connectivity index (χ1) is 8.31. The molecule has 1 aromatic heterocycles. The van der Waals surface area contributed by atoms with Crippen molar-refractivity contribution in [2.24, 2.45) is 0 Å². The van der Waals surface area contributed by atoms with Gasteiger partial charge in [-0.15, -0.1) is 0 Å². The Morgan fingerprint density at radius 2 is 2.06 bits per heavy atom. The van der Waals surface area contributed by atoms with Gasteiger partial charge in [0.1, 0.15) is 16.6 Å². The van der Waals surface area contributed by atoms with Crippen LogP contribution in [0, 0.1) is 0 Å². The van der Waals surface area contributed by atoms with Crippen LogP contribution in [-0.4, -0.2) is 47.8 Å². The van der Waals surface area contributed by atoms with Gasteiger partial charge < -0.3 is 15.5 Å². The summed E-state index contributed by atoms with van der Waals surface area (Å²) in [7, 11) is 0. The van der Waals surface area contributed by atoms with E-state index in [0.29, 0.717) is 0 Å². The lowest BCUT2D eigenvalue weighted by molar-refractivity contribution is 0.0494. The maximum atomic E-state index is 5.29. The van der Waals surface area contributed by atoms with Gasteiger partial charge in [-0.25, -0.2) is 15.0 Å². The van der Waals surface area contributed by atoms with Crippen LogP contribution >= 0.6 is 15.9 Å². The first-order valence-corrected chi connectivity index (χ1v) is 6.44. The van der Waals surface area contributed by atoms with Gasteiger partial charge in [-0.2, -0.15) is 0 Å². The Morgan fingerprint density at radius 1 is 1.35 bits per heavy atom. The lowest BCUT2D eigenvalue weighted by Gasteiger charge is -2.27. The molecular weight excluding hydrogens is 286 g/mol. The number of hydrazine groups is 1. The van der Waals surface area contributed by atoms with Crippen LogP contribution in [0.15, 0.2) is 10.8 Å². The Kier molecular flexibility index (Phi) is 4.52. The van der Waals surface area contributed by atoms with Crippen LogP contribution in [0.2, 0.25) is 0 Å². The molecule has 0 atom stereocenters. The molecule has 7 heteroatoms. The zero-order valence-corrected chi connectivity index (χ0v) is 11.3. The summed E-state index contributed by atoms with van der Waals surface area (Å²) in [5, 5.41) is 5.26. The number of nitrogens with zero attached hydrogens (tertiary/aromatic N) is 3. The summed E-state index contributed by atoms with van der Waals surface area (Å²) < 4.78 is 6.15. The van der Waals surface area contributed by atoms with E-state index < -0.39 is 0 Å². The van der Waals surface area contributed by atoms with Crippen molar-refractivity contribution in [2.45, 2.75) is 6.92 Å². The van der Waals surface area contributed by atoms with E-state index >= 15 is 0 Å². The van der Waals surface area contributed by atoms with Crippen molar-refractivity contribution in [2.75, 3.05) is 43.6 Å². The molecule has 0 radical (unpaired) electrons. The van der Waals surface area contributed by atoms with E-state index in [2.05, 4.69) is 41.6 Å². The minimum absolute atomic E-state index is 0.746. The zero-order valence-electron chi connectivity index (χ0n) is 9.74. The summed E-state index contributed by atoms with van der Waals surface area (Å²) >= 11 is 3.50. The summed E-state index contributed by atoms with van der Waals surface area (Å²) in [5.41, 5.74) is 3.26. The summed E-state index contributed by atoms with van der Waals surface area (Å²) in [5.74, 6) is 1.58. The zero-order chi connectivity index (χ0) is 12.1. The average molecular weight is 302 g/mol. The third kappa shape index (κ3) is 3.27. The van der Waals surface area contributed by atoms with Gasteiger partial charge in [0, 0.05) is 19.6 Å². The molecule has 0 saturated carbocycles. The Balaban J connectivity index is 2.06. The van der Waals surface area contributed by atoms with Crippen LogP contribution in [0.5, 0.6) is 0 Å². The number of ether oxygens (including phenoxy) is 1. The summed E-state index contributed by atoms with van der Waals surface area (Å²) in [6.45, 7) is 6.06. The van der Waals surface area contributed by atoms with E-state index in [1.165, 1.54) is 0 Å². The number of hydrogen-bond donors (Lipinski definition) is 2. The van der Waals surface area contributed by atoms with Crippen molar-refractivity contribution in [3.8, 4) is 0 Å². The van der Waals surface area contributed by atoms with Gasteiger partial charge in [-0.3, -0.25) is 0 Å². The molecule has 94 valence electrons. The molecule has 2 heterocycles. The third-order valence-electron chi connectivity index (χ3n) is 2.41. The fourth-order valence-electron chi connectivity index (χ4n) is 1.56. The second kappa shape index (κ2) is 6.13. The minimum atomic E-state index is 0.746. The monoisotopic (exact) mass is 301 g/mol. The van der Waals surface area contributed by atoms with Gasteiger partial charge in [-0.05, 0) is 22.9 Å². The highest BCUT2D eigenvalue weighted by Crippen LogP contribution is 2.26. The van der Waals surface area contributed by atoms with Gasteiger partial charge in [0.05, 0.1) is 13.2 Å². The van der Waals surface area contributed by atoms with Crippen LogP contribution in [-0.2, 0) is 4.74 Å². The molecular formula is C10H16BrN5O. The SMILES string of the molecule is CCNc1ncnc(NN2CCOCC2)c1Br. The topological polar surface area (TPSA) is 62.3 Å². The molecule has 1 saturated heterocycles. The van der Waals surface area contributed by atoms with Crippen LogP contribution < -0.4 is 10.7 Å². The molecule has 0 spiro atoms. The molecule has 2 N–H and O–H groups in total. The predicted octanol–water partition coefficient (Wildman–Crippen LogP) is 1.33. The van der Waals surface area contributed by atoms with E-state index in [9.17, 15) is 0 Å². The van der Waals surface area contributed by atoms with Crippen LogP contribution in [0.4, 0.5) is 11.6 Å². The number of morpholine rings is 1. The highest BCUT2D eigenvalue weighted by molar-refractivity contribution is 9.10. The molecule has 0 bridgehead atoms. The maximum absolute atomic E-state index is 5.29.